The van der Waals surface area contributed by atoms with E-state index in [1.807, 2.05) is 30.3 Å². The second-order valence-corrected chi connectivity index (χ2v) is 10.1. The van der Waals surface area contributed by atoms with E-state index in [0.717, 1.165) is 37.7 Å². The van der Waals surface area contributed by atoms with E-state index in [0.29, 0.717) is 30.5 Å². The lowest BCUT2D eigenvalue weighted by Gasteiger charge is -2.61. The van der Waals surface area contributed by atoms with E-state index in [1.165, 1.54) is 0 Å². The Morgan fingerprint density at radius 2 is 1.90 bits per heavy atom. The Balaban J connectivity index is 1.45. The molecule has 2 aromatic rings. The van der Waals surface area contributed by atoms with Crippen LogP contribution in [0.4, 0.5) is 5.69 Å². The molecule has 4 aliphatic carbocycles. The Labute approximate surface area is 180 Å². The van der Waals surface area contributed by atoms with E-state index in [9.17, 15) is 14.7 Å². The summed E-state index contributed by atoms with van der Waals surface area (Å²) in [5.41, 5.74) is 0.731. The molecule has 4 bridgehead atoms. The van der Waals surface area contributed by atoms with Crippen LogP contribution in [0.2, 0.25) is 5.02 Å². The number of halogens is 1. The zero-order valence-corrected chi connectivity index (χ0v) is 17.6. The number of carboxylic acid groups (broad SMARTS) is 1. The molecule has 0 spiro atoms. The van der Waals surface area contributed by atoms with Crippen LogP contribution in [-0.2, 0) is 16.9 Å². The number of hydrogen-bond acceptors (Lipinski definition) is 4. The largest absolute Gasteiger partial charge is 0.481 e. The topological polar surface area (TPSA) is 84.2 Å². The molecule has 0 amide bonds. The van der Waals surface area contributed by atoms with Crippen LogP contribution in [0.3, 0.4) is 0 Å². The van der Waals surface area contributed by atoms with Gasteiger partial charge in [0, 0.05) is 6.54 Å². The molecule has 1 aromatic carbocycles. The van der Waals surface area contributed by atoms with Crippen LogP contribution in [0.15, 0.2) is 41.3 Å². The normalized spacial score (nSPS) is 31.6. The van der Waals surface area contributed by atoms with Crippen molar-refractivity contribution in [1.29, 1.82) is 0 Å². The van der Waals surface area contributed by atoms with Gasteiger partial charge in [-0.2, -0.15) is 5.10 Å². The van der Waals surface area contributed by atoms with Crippen LogP contribution in [0, 0.1) is 17.3 Å². The molecule has 7 heteroatoms. The summed E-state index contributed by atoms with van der Waals surface area (Å²) in [6.45, 7) is 0.558. The van der Waals surface area contributed by atoms with E-state index in [1.54, 1.807) is 10.9 Å². The van der Waals surface area contributed by atoms with Gasteiger partial charge in [-0.05, 0) is 61.3 Å². The lowest BCUT2D eigenvalue weighted by Crippen LogP contribution is -2.59. The maximum Gasteiger partial charge on any atom is 0.303 e. The van der Waals surface area contributed by atoms with Crippen molar-refractivity contribution >= 4 is 23.3 Å². The van der Waals surface area contributed by atoms with Gasteiger partial charge in [0.05, 0.1) is 23.8 Å². The minimum absolute atomic E-state index is 0.156. The van der Waals surface area contributed by atoms with E-state index >= 15 is 0 Å². The van der Waals surface area contributed by atoms with Gasteiger partial charge in [-0.15, -0.1) is 0 Å². The Hall–Kier alpha value is -2.34. The standard InChI is InChI=1S/C23H26ClN3O3/c24-20-18(25-12-15-4-2-1-3-5-15)13-26-27(21(20)30)23-9-16-6-17(10-23)8-22(7-16,14-23)11-19(28)29/h1-5,13,16-17,25H,6-12,14H2,(H,28,29)/t16-,17+,22?,23?. The second-order valence-electron chi connectivity index (χ2n) is 9.68. The summed E-state index contributed by atoms with van der Waals surface area (Å²) in [5, 5.41) is 17.4. The van der Waals surface area contributed by atoms with E-state index < -0.39 is 11.5 Å². The van der Waals surface area contributed by atoms with Crippen LogP contribution in [0.5, 0.6) is 0 Å². The lowest BCUT2D eigenvalue weighted by molar-refractivity contribution is -0.151. The fraction of sp³-hybridized carbons (Fsp3) is 0.522. The van der Waals surface area contributed by atoms with Crippen molar-refractivity contribution < 1.29 is 9.90 Å². The van der Waals surface area contributed by atoms with Crippen LogP contribution in [0.1, 0.15) is 50.5 Å². The molecular weight excluding hydrogens is 402 g/mol. The summed E-state index contributed by atoms with van der Waals surface area (Å²) in [6, 6.07) is 9.91. The number of aliphatic carboxylic acids is 1. The summed E-state index contributed by atoms with van der Waals surface area (Å²) < 4.78 is 1.59. The predicted molar refractivity (Wildman–Crippen MR) is 115 cm³/mol. The molecule has 4 saturated carbocycles. The third-order valence-electron chi connectivity index (χ3n) is 7.37. The predicted octanol–water partition coefficient (Wildman–Crippen LogP) is 4.28. The molecule has 1 heterocycles. The highest BCUT2D eigenvalue weighted by atomic mass is 35.5. The summed E-state index contributed by atoms with van der Waals surface area (Å²) in [7, 11) is 0. The molecule has 2 unspecified atom stereocenters. The SMILES string of the molecule is O=C(O)CC12C[C@H]3C[C@@H](C1)CC(n1ncc(NCc4ccccc4)c(Cl)c1=O)(C3)C2. The number of aromatic nitrogens is 2. The van der Waals surface area contributed by atoms with Gasteiger partial charge in [0.25, 0.3) is 5.56 Å². The Kier molecular flexibility index (Phi) is 4.65. The third kappa shape index (κ3) is 3.31. The Morgan fingerprint density at radius 3 is 2.57 bits per heavy atom. The number of hydrogen-bond donors (Lipinski definition) is 2. The van der Waals surface area contributed by atoms with E-state index in [-0.39, 0.29) is 22.4 Å². The first-order chi connectivity index (χ1) is 14.4. The highest BCUT2D eigenvalue weighted by Gasteiger charge is 2.59. The lowest BCUT2D eigenvalue weighted by atomic mass is 9.46. The Morgan fingerprint density at radius 1 is 1.20 bits per heavy atom. The molecule has 4 atom stereocenters. The number of carbonyl (C=O) groups is 1. The van der Waals surface area contributed by atoms with Crippen molar-refractivity contribution in [2.75, 3.05) is 5.32 Å². The minimum Gasteiger partial charge on any atom is -0.481 e. The van der Waals surface area contributed by atoms with Crippen molar-refractivity contribution in [2.24, 2.45) is 17.3 Å². The molecule has 0 radical (unpaired) electrons. The summed E-state index contributed by atoms with van der Waals surface area (Å²) >= 11 is 6.49. The van der Waals surface area contributed by atoms with Crippen molar-refractivity contribution in [2.45, 2.75) is 57.0 Å². The number of anilines is 1. The van der Waals surface area contributed by atoms with Crippen molar-refractivity contribution in [3.05, 3.63) is 57.5 Å². The average molecular weight is 428 g/mol. The molecule has 4 aliphatic rings. The fourth-order valence-electron chi connectivity index (χ4n) is 6.86. The van der Waals surface area contributed by atoms with Crippen molar-refractivity contribution in [3.63, 3.8) is 0 Å². The molecule has 2 N–H and O–H groups in total. The average Bonchev–Trinajstić information content (AvgIpc) is 2.67. The van der Waals surface area contributed by atoms with Crippen molar-refractivity contribution in [1.82, 2.24) is 9.78 Å². The summed E-state index contributed by atoms with van der Waals surface area (Å²) in [5.74, 6) is 0.189. The first-order valence-corrected chi connectivity index (χ1v) is 11.0. The summed E-state index contributed by atoms with van der Waals surface area (Å²) in [6.07, 6.45) is 7.38. The van der Waals surface area contributed by atoms with Gasteiger partial charge in [-0.1, -0.05) is 41.9 Å². The zero-order valence-electron chi connectivity index (χ0n) is 16.8. The molecule has 0 aliphatic heterocycles. The molecule has 30 heavy (non-hydrogen) atoms. The molecule has 6 rings (SSSR count). The van der Waals surface area contributed by atoms with Gasteiger partial charge in [0.2, 0.25) is 0 Å². The van der Waals surface area contributed by atoms with Gasteiger partial charge in [-0.25, -0.2) is 4.68 Å². The van der Waals surface area contributed by atoms with Crippen LogP contribution in [0.25, 0.3) is 0 Å². The van der Waals surface area contributed by atoms with Gasteiger partial charge >= 0.3 is 5.97 Å². The van der Waals surface area contributed by atoms with E-state index in [4.69, 9.17) is 11.6 Å². The monoisotopic (exact) mass is 427 g/mol. The molecule has 1 aromatic heterocycles. The van der Waals surface area contributed by atoms with Gasteiger partial charge in [0.1, 0.15) is 5.02 Å². The zero-order chi connectivity index (χ0) is 20.9. The quantitative estimate of drug-likeness (QED) is 0.718. The highest BCUT2D eigenvalue weighted by molar-refractivity contribution is 6.32. The highest BCUT2D eigenvalue weighted by Crippen LogP contribution is 2.65. The van der Waals surface area contributed by atoms with Crippen LogP contribution in [-0.4, -0.2) is 20.9 Å². The van der Waals surface area contributed by atoms with Crippen molar-refractivity contribution in [3.8, 4) is 0 Å². The maximum atomic E-state index is 13.3. The fourth-order valence-corrected chi connectivity index (χ4v) is 7.06. The molecule has 0 saturated heterocycles. The Bertz CT molecular complexity index is 1020. The van der Waals surface area contributed by atoms with Crippen LogP contribution < -0.4 is 10.9 Å². The van der Waals surface area contributed by atoms with Crippen LogP contribution >= 0.6 is 11.6 Å². The first-order valence-electron chi connectivity index (χ1n) is 10.7. The number of rotatable bonds is 6. The van der Waals surface area contributed by atoms with E-state index in [2.05, 4.69) is 10.4 Å². The second kappa shape index (κ2) is 7.12. The molecule has 4 fully saturated rings. The molecule has 6 nitrogen and oxygen atoms in total. The smallest absolute Gasteiger partial charge is 0.303 e. The number of benzene rings is 1. The summed E-state index contributed by atoms with van der Waals surface area (Å²) in [4.78, 5) is 24.8. The number of nitrogens with zero attached hydrogens (tertiary/aromatic N) is 2. The maximum absolute atomic E-state index is 13.3. The first kappa shape index (κ1) is 19.6. The molecular formula is C23H26ClN3O3. The van der Waals surface area contributed by atoms with Gasteiger partial charge in [-0.3, -0.25) is 9.59 Å². The third-order valence-corrected chi connectivity index (χ3v) is 7.74. The minimum atomic E-state index is -0.745. The number of nitrogens with one attached hydrogen (secondary N) is 1. The van der Waals surface area contributed by atoms with Gasteiger partial charge < -0.3 is 10.4 Å². The molecule has 158 valence electrons. The van der Waals surface area contributed by atoms with Gasteiger partial charge in [0.15, 0.2) is 0 Å². The number of carboxylic acids is 1.